The number of aromatic nitrogens is 2. The fraction of sp³-hybridized carbons (Fsp3) is 0.333. The number of pyridine rings is 1. The third-order valence-electron chi connectivity index (χ3n) is 5.64. The second kappa shape index (κ2) is 8.40. The van der Waals surface area contributed by atoms with E-state index in [1.807, 2.05) is 36.5 Å². The summed E-state index contributed by atoms with van der Waals surface area (Å²) in [6, 6.07) is 16.4. The van der Waals surface area contributed by atoms with E-state index in [-0.39, 0.29) is 12.1 Å². The van der Waals surface area contributed by atoms with Crippen LogP contribution in [0.1, 0.15) is 48.6 Å². The van der Waals surface area contributed by atoms with Crippen molar-refractivity contribution in [1.29, 1.82) is 0 Å². The number of hydrogen-bond donors (Lipinski definition) is 1. The van der Waals surface area contributed by atoms with Crippen LogP contribution < -0.4 is 5.32 Å². The van der Waals surface area contributed by atoms with Crippen LogP contribution in [0.3, 0.4) is 0 Å². The molecule has 1 N–H and O–H groups in total. The van der Waals surface area contributed by atoms with Crippen LogP contribution in [0.25, 0.3) is 5.69 Å². The van der Waals surface area contributed by atoms with Crippen molar-refractivity contribution in [3.05, 3.63) is 82.4 Å². The fourth-order valence-corrected chi connectivity index (χ4v) is 4.96. The minimum Gasteiger partial charge on any atom is -0.352 e. The number of para-hydroxylation sites is 1. The molecule has 156 valence electrons. The normalized spacial score (nSPS) is 18.9. The highest BCUT2D eigenvalue weighted by Crippen LogP contribution is 2.42. The highest BCUT2D eigenvalue weighted by atomic mass is 35.5. The van der Waals surface area contributed by atoms with E-state index < -0.39 is 0 Å². The molecule has 2 aromatic heterocycles. The van der Waals surface area contributed by atoms with Gasteiger partial charge in [0, 0.05) is 24.1 Å². The van der Waals surface area contributed by atoms with Gasteiger partial charge in [0.05, 0.1) is 28.5 Å². The molecule has 0 aliphatic carbocycles. The lowest BCUT2D eigenvalue weighted by atomic mass is 9.96. The van der Waals surface area contributed by atoms with E-state index in [1.54, 1.807) is 0 Å². The minimum absolute atomic E-state index is 0.00218. The predicted molar refractivity (Wildman–Crippen MR) is 127 cm³/mol. The number of rotatable bonds is 5. The van der Waals surface area contributed by atoms with E-state index >= 15 is 0 Å². The van der Waals surface area contributed by atoms with E-state index in [2.05, 4.69) is 65.7 Å². The SMILES string of the molecule is Cc1cc(C2C(c3ccccn3)NC(=S)N2CC(C)C)c(C)n1-c1ccccc1Cl. The molecule has 0 bridgehead atoms. The van der Waals surface area contributed by atoms with Crippen LogP contribution in [-0.2, 0) is 0 Å². The smallest absolute Gasteiger partial charge is 0.170 e. The van der Waals surface area contributed by atoms with Crippen LogP contribution in [0.5, 0.6) is 0 Å². The van der Waals surface area contributed by atoms with Gasteiger partial charge < -0.3 is 14.8 Å². The molecule has 0 radical (unpaired) electrons. The number of nitrogens with one attached hydrogen (secondary N) is 1. The predicted octanol–water partition coefficient (Wildman–Crippen LogP) is 5.77. The van der Waals surface area contributed by atoms with Gasteiger partial charge in [0.1, 0.15) is 0 Å². The van der Waals surface area contributed by atoms with Crippen molar-refractivity contribution in [3.63, 3.8) is 0 Å². The molecule has 1 fully saturated rings. The first kappa shape index (κ1) is 20.9. The molecule has 4 nitrogen and oxygen atoms in total. The van der Waals surface area contributed by atoms with Gasteiger partial charge in [0.2, 0.25) is 0 Å². The van der Waals surface area contributed by atoms with Crippen molar-refractivity contribution in [2.45, 2.75) is 39.8 Å². The number of benzene rings is 1. The average molecular weight is 439 g/mol. The van der Waals surface area contributed by atoms with Crippen LogP contribution in [0.4, 0.5) is 0 Å². The monoisotopic (exact) mass is 438 g/mol. The number of hydrogen-bond acceptors (Lipinski definition) is 2. The van der Waals surface area contributed by atoms with E-state index in [0.717, 1.165) is 33.8 Å². The van der Waals surface area contributed by atoms with Gasteiger partial charge in [-0.15, -0.1) is 0 Å². The third-order valence-corrected chi connectivity index (χ3v) is 6.31. The van der Waals surface area contributed by atoms with E-state index in [4.69, 9.17) is 23.8 Å². The van der Waals surface area contributed by atoms with Crippen molar-refractivity contribution >= 4 is 28.9 Å². The summed E-state index contributed by atoms with van der Waals surface area (Å²) in [6.07, 6.45) is 1.84. The van der Waals surface area contributed by atoms with Gasteiger partial charge in [0.15, 0.2) is 5.11 Å². The van der Waals surface area contributed by atoms with Crippen LogP contribution in [0.2, 0.25) is 5.02 Å². The molecular formula is C24H27ClN4S. The molecule has 0 saturated carbocycles. The molecule has 0 amide bonds. The quantitative estimate of drug-likeness (QED) is 0.512. The van der Waals surface area contributed by atoms with Gasteiger partial charge in [-0.2, -0.15) is 0 Å². The van der Waals surface area contributed by atoms with Crippen molar-refractivity contribution in [3.8, 4) is 5.69 Å². The van der Waals surface area contributed by atoms with Crippen molar-refractivity contribution in [2.75, 3.05) is 6.54 Å². The fourth-order valence-electron chi connectivity index (χ4n) is 4.42. The largest absolute Gasteiger partial charge is 0.352 e. The van der Waals surface area contributed by atoms with Gasteiger partial charge >= 0.3 is 0 Å². The molecule has 6 heteroatoms. The Morgan fingerprint density at radius 2 is 1.87 bits per heavy atom. The number of thiocarbonyl (C=S) groups is 1. The topological polar surface area (TPSA) is 33.1 Å². The zero-order chi connectivity index (χ0) is 21.4. The maximum absolute atomic E-state index is 6.54. The Balaban J connectivity index is 1.85. The molecule has 4 rings (SSSR count). The Kier molecular flexibility index (Phi) is 5.85. The molecule has 30 heavy (non-hydrogen) atoms. The zero-order valence-corrected chi connectivity index (χ0v) is 19.3. The molecule has 3 heterocycles. The zero-order valence-electron chi connectivity index (χ0n) is 17.8. The Bertz CT molecular complexity index is 1060. The van der Waals surface area contributed by atoms with Crippen molar-refractivity contribution < 1.29 is 0 Å². The average Bonchev–Trinajstić information content (AvgIpc) is 3.18. The third kappa shape index (κ3) is 3.72. The highest BCUT2D eigenvalue weighted by molar-refractivity contribution is 7.80. The van der Waals surface area contributed by atoms with Gasteiger partial charge in [-0.25, -0.2) is 0 Å². The summed E-state index contributed by atoms with van der Waals surface area (Å²) in [6.45, 7) is 9.62. The molecule has 0 spiro atoms. The molecule has 1 aromatic carbocycles. The first-order valence-corrected chi connectivity index (χ1v) is 11.1. The van der Waals surface area contributed by atoms with E-state index in [9.17, 15) is 0 Å². The van der Waals surface area contributed by atoms with Crippen LogP contribution in [-0.4, -0.2) is 26.1 Å². The molecule has 1 aliphatic rings. The molecular weight excluding hydrogens is 412 g/mol. The maximum atomic E-state index is 6.54. The molecule has 1 aliphatic heterocycles. The van der Waals surface area contributed by atoms with Crippen molar-refractivity contribution in [1.82, 2.24) is 19.8 Å². The van der Waals surface area contributed by atoms with Crippen molar-refractivity contribution in [2.24, 2.45) is 5.92 Å². The lowest BCUT2D eigenvalue weighted by molar-refractivity contribution is 0.287. The van der Waals surface area contributed by atoms with Gasteiger partial charge in [-0.1, -0.05) is 43.6 Å². The Labute approximate surface area is 188 Å². The summed E-state index contributed by atoms with van der Waals surface area (Å²) >= 11 is 12.3. The second-order valence-corrected chi connectivity index (χ2v) is 9.08. The lowest BCUT2D eigenvalue weighted by Crippen LogP contribution is -2.33. The number of aryl methyl sites for hydroxylation is 1. The highest BCUT2D eigenvalue weighted by Gasteiger charge is 2.41. The van der Waals surface area contributed by atoms with E-state index in [1.165, 1.54) is 11.3 Å². The van der Waals surface area contributed by atoms with E-state index in [0.29, 0.717) is 5.92 Å². The minimum atomic E-state index is -0.00218. The number of halogens is 1. The van der Waals surface area contributed by atoms with Crippen LogP contribution in [0.15, 0.2) is 54.7 Å². The molecule has 2 atom stereocenters. The first-order chi connectivity index (χ1) is 14.4. The second-order valence-electron chi connectivity index (χ2n) is 8.29. The summed E-state index contributed by atoms with van der Waals surface area (Å²) in [5.41, 5.74) is 5.57. The molecule has 1 saturated heterocycles. The summed E-state index contributed by atoms with van der Waals surface area (Å²) in [5, 5.41) is 5.07. The Morgan fingerprint density at radius 3 is 2.53 bits per heavy atom. The van der Waals surface area contributed by atoms with Gasteiger partial charge in [-0.3, -0.25) is 4.98 Å². The lowest BCUT2D eigenvalue weighted by Gasteiger charge is -2.29. The Morgan fingerprint density at radius 1 is 1.13 bits per heavy atom. The standard InChI is InChI=1S/C24H27ClN4S/c1-15(2)14-28-23(22(27-24(28)30)20-10-7-8-12-26-20)18-13-16(3)29(17(18)4)21-11-6-5-9-19(21)25/h5-13,15,22-23H,14H2,1-4H3,(H,27,30). The summed E-state index contributed by atoms with van der Waals surface area (Å²) in [5.74, 6) is 0.488. The molecule has 2 unspecified atom stereocenters. The van der Waals surface area contributed by atoms with Gasteiger partial charge in [0.25, 0.3) is 0 Å². The van der Waals surface area contributed by atoms with Gasteiger partial charge in [-0.05, 0) is 67.9 Å². The first-order valence-electron chi connectivity index (χ1n) is 10.3. The summed E-state index contributed by atoms with van der Waals surface area (Å²) in [4.78, 5) is 6.96. The van der Waals surface area contributed by atoms with Crippen LogP contribution >= 0.6 is 23.8 Å². The summed E-state index contributed by atoms with van der Waals surface area (Å²) < 4.78 is 2.24. The maximum Gasteiger partial charge on any atom is 0.170 e. The van der Waals surface area contributed by atoms with Crippen LogP contribution in [0, 0.1) is 19.8 Å². The molecule has 3 aromatic rings. The summed E-state index contributed by atoms with van der Waals surface area (Å²) in [7, 11) is 0. The number of nitrogens with zero attached hydrogens (tertiary/aromatic N) is 3. The Hall–Kier alpha value is -2.37.